The minimum absolute atomic E-state index is 0.297. The van der Waals surface area contributed by atoms with Crippen molar-refractivity contribution in [2.45, 2.75) is 58.2 Å². The molecule has 0 aromatic carbocycles. The first-order chi connectivity index (χ1) is 7.68. The first-order valence-corrected chi connectivity index (χ1v) is 6.22. The molecule has 2 heterocycles. The van der Waals surface area contributed by atoms with E-state index in [-0.39, 0.29) is 0 Å². The molecule has 16 heavy (non-hydrogen) atoms. The average Bonchev–Trinajstić information content (AvgIpc) is 2.76. The number of nitrogens with zero attached hydrogens (tertiary/aromatic N) is 2. The molecule has 1 aromatic rings. The summed E-state index contributed by atoms with van der Waals surface area (Å²) in [5.41, 5.74) is 4.73. The van der Waals surface area contributed by atoms with Crippen LogP contribution in [0, 0.1) is 0 Å². The van der Waals surface area contributed by atoms with Crippen LogP contribution in [-0.2, 0) is 0 Å². The molecule has 0 amide bonds. The van der Waals surface area contributed by atoms with Gasteiger partial charge in [-0.1, -0.05) is 6.42 Å². The van der Waals surface area contributed by atoms with Crippen LogP contribution < -0.4 is 5.43 Å². The Kier molecular flexibility index (Phi) is 3.61. The van der Waals surface area contributed by atoms with Crippen molar-refractivity contribution in [3.05, 3.63) is 18.0 Å². The van der Waals surface area contributed by atoms with Gasteiger partial charge in [0.25, 0.3) is 0 Å². The van der Waals surface area contributed by atoms with Gasteiger partial charge in [0.15, 0.2) is 0 Å². The fourth-order valence-electron chi connectivity index (χ4n) is 2.48. The molecule has 0 radical (unpaired) electrons. The maximum absolute atomic E-state index is 3.99. The van der Waals surface area contributed by atoms with Crippen LogP contribution in [0.5, 0.6) is 0 Å². The smallest absolute Gasteiger partial charge is 0.0603 e. The predicted octanol–water partition coefficient (Wildman–Crippen LogP) is 2.24. The van der Waals surface area contributed by atoms with Crippen LogP contribution in [0.3, 0.4) is 0 Å². The van der Waals surface area contributed by atoms with E-state index < -0.39 is 0 Å². The predicted molar refractivity (Wildman–Crippen MR) is 64.8 cm³/mol. The molecule has 90 valence electrons. The molecule has 0 saturated carbocycles. The minimum atomic E-state index is 0.297. The molecule has 1 aliphatic heterocycles. The first-order valence-electron chi connectivity index (χ1n) is 6.22. The zero-order valence-corrected chi connectivity index (χ0v) is 10.4. The maximum atomic E-state index is 3.99. The van der Waals surface area contributed by atoms with E-state index in [9.17, 15) is 0 Å². The molecular formula is C12H22N4. The van der Waals surface area contributed by atoms with Gasteiger partial charge >= 0.3 is 0 Å². The number of nitrogens with one attached hydrogen (secondary N) is 2. The summed E-state index contributed by atoms with van der Waals surface area (Å²) in [5.74, 6) is 0. The fourth-order valence-corrected chi connectivity index (χ4v) is 2.48. The molecule has 0 spiro atoms. The normalized spacial score (nSPS) is 29.2. The van der Waals surface area contributed by atoms with Gasteiger partial charge in [-0.2, -0.15) is 5.10 Å². The highest BCUT2D eigenvalue weighted by Gasteiger charge is 2.26. The van der Waals surface area contributed by atoms with Crippen LogP contribution >= 0.6 is 0 Å². The van der Waals surface area contributed by atoms with Gasteiger partial charge < -0.3 is 0 Å². The lowest BCUT2D eigenvalue weighted by atomic mass is 9.99. The van der Waals surface area contributed by atoms with E-state index in [2.05, 4.69) is 41.4 Å². The molecule has 2 N–H and O–H groups in total. The van der Waals surface area contributed by atoms with E-state index in [0.29, 0.717) is 18.1 Å². The highest BCUT2D eigenvalue weighted by atomic mass is 15.5. The standard InChI is InChI=1S/C12H22N4/c1-9-5-4-6-10(2)16(9)15-11(3)12-7-8-13-14-12/h7-11,15H,4-6H2,1-3H3,(H,13,14). The van der Waals surface area contributed by atoms with E-state index in [4.69, 9.17) is 0 Å². The van der Waals surface area contributed by atoms with Crippen molar-refractivity contribution >= 4 is 0 Å². The van der Waals surface area contributed by atoms with Gasteiger partial charge in [-0.25, -0.2) is 10.4 Å². The van der Waals surface area contributed by atoms with Gasteiger partial charge in [-0.3, -0.25) is 5.10 Å². The second kappa shape index (κ2) is 4.97. The number of hydrazine groups is 1. The summed E-state index contributed by atoms with van der Waals surface area (Å²) in [4.78, 5) is 0. The van der Waals surface area contributed by atoms with Crippen molar-refractivity contribution in [2.75, 3.05) is 0 Å². The molecule has 4 heteroatoms. The molecule has 1 fully saturated rings. The molecule has 1 aromatic heterocycles. The van der Waals surface area contributed by atoms with Crippen LogP contribution in [0.25, 0.3) is 0 Å². The topological polar surface area (TPSA) is 44.0 Å². The second-order valence-electron chi connectivity index (χ2n) is 4.90. The SMILES string of the molecule is CC(NN1C(C)CCCC1C)c1ccn[nH]1. The third-order valence-electron chi connectivity index (χ3n) is 3.53. The highest BCUT2D eigenvalue weighted by Crippen LogP contribution is 2.22. The number of H-pyrrole nitrogens is 1. The number of piperidine rings is 1. The third-order valence-corrected chi connectivity index (χ3v) is 3.53. The molecule has 1 aliphatic rings. The van der Waals surface area contributed by atoms with Crippen LogP contribution in [0.4, 0.5) is 0 Å². The third kappa shape index (κ3) is 2.44. The van der Waals surface area contributed by atoms with E-state index >= 15 is 0 Å². The van der Waals surface area contributed by atoms with Crippen molar-refractivity contribution in [1.82, 2.24) is 20.6 Å². The van der Waals surface area contributed by atoms with Gasteiger partial charge in [-0.05, 0) is 39.7 Å². The lowest BCUT2D eigenvalue weighted by Gasteiger charge is -2.40. The molecule has 3 atom stereocenters. The summed E-state index contributed by atoms with van der Waals surface area (Å²) in [6.45, 7) is 6.76. The highest BCUT2D eigenvalue weighted by molar-refractivity contribution is 5.02. The first kappa shape index (κ1) is 11.6. The summed E-state index contributed by atoms with van der Waals surface area (Å²) in [5, 5.41) is 9.41. The van der Waals surface area contributed by atoms with Crippen molar-refractivity contribution in [3.63, 3.8) is 0 Å². The number of hydrogen-bond donors (Lipinski definition) is 2. The van der Waals surface area contributed by atoms with Gasteiger partial charge in [0.2, 0.25) is 0 Å². The Morgan fingerprint density at radius 2 is 2.12 bits per heavy atom. The monoisotopic (exact) mass is 222 g/mol. The quantitative estimate of drug-likeness (QED) is 0.824. The molecule has 0 aliphatic carbocycles. The van der Waals surface area contributed by atoms with Gasteiger partial charge in [0, 0.05) is 18.3 Å². The van der Waals surface area contributed by atoms with Gasteiger partial charge in [0.1, 0.15) is 0 Å². The number of aromatic amines is 1. The second-order valence-corrected chi connectivity index (χ2v) is 4.90. The molecule has 3 unspecified atom stereocenters. The van der Waals surface area contributed by atoms with E-state index in [1.165, 1.54) is 19.3 Å². The Morgan fingerprint density at radius 3 is 2.69 bits per heavy atom. The van der Waals surface area contributed by atoms with Crippen molar-refractivity contribution in [2.24, 2.45) is 0 Å². The molecule has 4 nitrogen and oxygen atoms in total. The van der Waals surface area contributed by atoms with Gasteiger partial charge in [-0.15, -0.1) is 0 Å². The summed E-state index contributed by atoms with van der Waals surface area (Å²) >= 11 is 0. The number of aromatic nitrogens is 2. The average molecular weight is 222 g/mol. The summed E-state index contributed by atoms with van der Waals surface area (Å²) in [6.07, 6.45) is 5.72. The Labute approximate surface area is 97.4 Å². The van der Waals surface area contributed by atoms with E-state index in [1.54, 1.807) is 6.20 Å². The lowest BCUT2D eigenvalue weighted by molar-refractivity contribution is 0.0314. The Bertz CT molecular complexity index is 299. The van der Waals surface area contributed by atoms with Crippen LogP contribution in [0.2, 0.25) is 0 Å². The van der Waals surface area contributed by atoms with E-state index in [1.807, 2.05) is 6.07 Å². The molecule has 1 saturated heterocycles. The summed E-state index contributed by atoms with van der Waals surface area (Å²) in [6, 6.07) is 3.56. The largest absolute Gasteiger partial charge is 0.281 e. The van der Waals surface area contributed by atoms with Crippen LogP contribution in [0.15, 0.2) is 12.3 Å². The van der Waals surface area contributed by atoms with Crippen LogP contribution in [-0.4, -0.2) is 27.3 Å². The van der Waals surface area contributed by atoms with Crippen molar-refractivity contribution < 1.29 is 0 Å². The summed E-state index contributed by atoms with van der Waals surface area (Å²) in [7, 11) is 0. The van der Waals surface area contributed by atoms with Crippen molar-refractivity contribution in [3.8, 4) is 0 Å². The van der Waals surface area contributed by atoms with Crippen LogP contribution in [0.1, 0.15) is 51.8 Å². The number of rotatable bonds is 3. The maximum Gasteiger partial charge on any atom is 0.0603 e. The fraction of sp³-hybridized carbons (Fsp3) is 0.750. The Hall–Kier alpha value is -0.870. The van der Waals surface area contributed by atoms with Gasteiger partial charge in [0.05, 0.1) is 11.7 Å². The lowest BCUT2D eigenvalue weighted by Crippen LogP contribution is -2.52. The minimum Gasteiger partial charge on any atom is -0.281 e. The zero-order valence-electron chi connectivity index (χ0n) is 10.4. The molecular weight excluding hydrogens is 200 g/mol. The van der Waals surface area contributed by atoms with Crippen molar-refractivity contribution in [1.29, 1.82) is 0 Å². The molecule has 2 rings (SSSR count). The Balaban J connectivity index is 1.97. The Morgan fingerprint density at radius 1 is 1.44 bits per heavy atom. The van der Waals surface area contributed by atoms with E-state index in [0.717, 1.165) is 5.69 Å². The zero-order chi connectivity index (χ0) is 11.5. The number of hydrogen-bond acceptors (Lipinski definition) is 3. The molecule has 0 bridgehead atoms. The summed E-state index contributed by atoms with van der Waals surface area (Å²) < 4.78 is 0.